The maximum atomic E-state index is 11.9. The van der Waals surface area contributed by atoms with Crippen molar-refractivity contribution in [2.24, 2.45) is 5.92 Å². The Balaban J connectivity index is 2.29. The molecule has 1 fully saturated rings. The summed E-state index contributed by atoms with van der Waals surface area (Å²) < 4.78 is 11.7. The first kappa shape index (κ1) is 17.5. The van der Waals surface area contributed by atoms with Crippen LogP contribution in [0, 0.1) is 5.92 Å². The van der Waals surface area contributed by atoms with Crippen molar-refractivity contribution in [3.05, 3.63) is 0 Å². The van der Waals surface area contributed by atoms with Gasteiger partial charge in [0.15, 0.2) is 0 Å². The molecule has 0 aromatic rings. The van der Waals surface area contributed by atoms with E-state index in [1.807, 2.05) is 20.8 Å². The van der Waals surface area contributed by atoms with Gasteiger partial charge in [0.2, 0.25) is 0 Å². The molecule has 1 saturated carbocycles. The first-order chi connectivity index (χ1) is 9.12. The van der Waals surface area contributed by atoms with Crippen LogP contribution in [0.2, 0.25) is 0 Å². The lowest BCUT2D eigenvalue weighted by atomic mass is 9.78. The molecule has 0 heterocycles. The van der Waals surface area contributed by atoms with Gasteiger partial charge in [-0.1, -0.05) is 6.92 Å². The smallest absolute Gasteiger partial charge is 0.315 e. The molecular formula is C15H30N2O2S. The third-order valence-electron chi connectivity index (χ3n) is 4.05. The fourth-order valence-corrected chi connectivity index (χ4v) is 3.31. The molecule has 20 heavy (non-hydrogen) atoms. The zero-order chi connectivity index (χ0) is 15.4. The minimum atomic E-state index is -0.918. The van der Waals surface area contributed by atoms with Gasteiger partial charge in [-0.25, -0.2) is 4.79 Å². The predicted molar refractivity (Wildman–Crippen MR) is 85.3 cm³/mol. The van der Waals surface area contributed by atoms with Crippen molar-refractivity contribution in [1.29, 1.82) is 0 Å². The normalized spacial score (nSPS) is 28.8. The van der Waals surface area contributed by atoms with E-state index in [0.717, 1.165) is 18.8 Å². The van der Waals surface area contributed by atoms with E-state index in [1.165, 1.54) is 12.8 Å². The summed E-state index contributed by atoms with van der Waals surface area (Å²) in [6.07, 6.45) is 4.42. The number of hydrogen-bond donors (Lipinski definition) is 2. The van der Waals surface area contributed by atoms with Crippen LogP contribution in [0.5, 0.6) is 0 Å². The summed E-state index contributed by atoms with van der Waals surface area (Å²) in [5, 5.41) is 5.91. The van der Waals surface area contributed by atoms with E-state index < -0.39 is 10.8 Å². The van der Waals surface area contributed by atoms with E-state index in [-0.39, 0.29) is 16.3 Å². The Kier molecular flexibility index (Phi) is 6.05. The van der Waals surface area contributed by atoms with Gasteiger partial charge in [-0.3, -0.25) is 4.21 Å². The highest BCUT2D eigenvalue weighted by Crippen LogP contribution is 2.31. The van der Waals surface area contributed by atoms with Crippen LogP contribution in [-0.2, 0) is 10.8 Å². The summed E-state index contributed by atoms with van der Waals surface area (Å²) in [7, 11) is -0.918. The molecule has 5 heteroatoms. The summed E-state index contributed by atoms with van der Waals surface area (Å²) in [5.41, 5.74) is -0.0836. The molecule has 0 unspecified atom stereocenters. The Bertz CT molecular complexity index is 355. The van der Waals surface area contributed by atoms with Crippen molar-refractivity contribution in [2.75, 3.05) is 12.3 Å². The van der Waals surface area contributed by atoms with E-state index in [1.54, 1.807) is 0 Å². The molecule has 0 aliphatic heterocycles. The predicted octanol–water partition coefficient (Wildman–Crippen LogP) is 2.80. The van der Waals surface area contributed by atoms with Crippen LogP contribution < -0.4 is 10.6 Å². The second kappa shape index (κ2) is 6.92. The van der Waals surface area contributed by atoms with Gasteiger partial charge in [0, 0.05) is 33.4 Å². The number of rotatable bonds is 4. The number of carbonyl (C=O) groups excluding carboxylic acids is 1. The van der Waals surface area contributed by atoms with Crippen LogP contribution in [0.4, 0.5) is 4.79 Å². The summed E-state index contributed by atoms with van der Waals surface area (Å²) in [6.45, 7) is 10.7. The summed E-state index contributed by atoms with van der Waals surface area (Å²) in [4.78, 5) is 11.9. The van der Waals surface area contributed by atoms with Crippen LogP contribution in [0.15, 0.2) is 0 Å². The Labute approximate surface area is 125 Å². The summed E-state index contributed by atoms with van der Waals surface area (Å²) >= 11 is 0. The Morgan fingerprint density at radius 3 is 2.35 bits per heavy atom. The van der Waals surface area contributed by atoms with Crippen LogP contribution in [0.1, 0.15) is 60.3 Å². The summed E-state index contributed by atoms with van der Waals surface area (Å²) in [6, 6.07) is -0.132. The standard InChI is InChI=1S/C15H30N2O2S/c1-12-6-8-15(5,9-7-12)17-13(18)16-10-11-20(19)14(2,3)4/h12H,6-11H2,1-5H3,(H2,16,17,18)/t12?,15?,20-/m0/s1. The first-order valence-corrected chi connectivity index (χ1v) is 8.89. The van der Waals surface area contributed by atoms with Crippen LogP contribution in [-0.4, -0.2) is 32.8 Å². The van der Waals surface area contributed by atoms with Crippen LogP contribution >= 0.6 is 0 Å². The van der Waals surface area contributed by atoms with E-state index in [4.69, 9.17) is 0 Å². The average Bonchev–Trinajstić information content (AvgIpc) is 2.32. The second-order valence-electron chi connectivity index (χ2n) is 7.29. The Morgan fingerprint density at radius 2 is 1.85 bits per heavy atom. The average molecular weight is 302 g/mol. The largest absolute Gasteiger partial charge is 0.337 e. The molecule has 0 aromatic heterocycles. The van der Waals surface area contributed by atoms with Crippen molar-refractivity contribution < 1.29 is 9.00 Å². The highest BCUT2D eigenvalue weighted by atomic mass is 32.2. The first-order valence-electron chi connectivity index (χ1n) is 7.57. The highest BCUT2D eigenvalue weighted by molar-refractivity contribution is 7.86. The van der Waals surface area contributed by atoms with E-state index >= 15 is 0 Å². The van der Waals surface area contributed by atoms with Gasteiger partial charge in [-0.05, 0) is 59.3 Å². The monoisotopic (exact) mass is 302 g/mol. The van der Waals surface area contributed by atoms with Gasteiger partial charge < -0.3 is 10.6 Å². The van der Waals surface area contributed by atoms with Gasteiger partial charge >= 0.3 is 6.03 Å². The zero-order valence-corrected chi connectivity index (χ0v) is 14.4. The molecule has 1 aliphatic carbocycles. The van der Waals surface area contributed by atoms with Crippen molar-refractivity contribution in [3.63, 3.8) is 0 Å². The Hall–Kier alpha value is -0.580. The van der Waals surface area contributed by atoms with Crippen LogP contribution in [0.3, 0.4) is 0 Å². The third kappa shape index (κ3) is 5.81. The van der Waals surface area contributed by atoms with E-state index in [0.29, 0.717) is 12.3 Å². The number of hydrogen-bond acceptors (Lipinski definition) is 2. The maximum Gasteiger partial charge on any atom is 0.315 e. The van der Waals surface area contributed by atoms with Crippen molar-refractivity contribution in [2.45, 2.75) is 70.6 Å². The molecule has 0 radical (unpaired) electrons. The molecule has 1 rings (SSSR count). The van der Waals surface area contributed by atoms with E-state index in [9.17, 15) is 9.00 Å². The number of nitrogens with one attached hydrogen (secondary N) is 2. The van der Waals surface area contributed by atoms with Gasteiger partial charge in [0.1, 0.15) is 0 Å². The van der Waals surface area contributed by atoms with Gasteiger partial charge in [-0.15, -0.1) is 0 Å². The quantitative estimate of drug-likeness (QED) is 0.839. The SMILES string of the molecule is CC1CCC(C)(NC(=O)NCC[S@](=O)C(C)(C)C)CC1. The highest BCUT2D eigenvalue weighted by Gasteiger charge is 2.30. The minimum Gasteiger partial charge on any atom is -0.337 e. The Morgan fingerprint density at radius 1 is 1.30 bits per heavy atom. The lowest BCUT2D eigenvalue weighted by Crippen LogP contribution is -2.52. The number of carbonyl (C=O) groups is 1. The molecular weight excluding hydrogens is 272 g/mol. The molecule has 2 amide bonds. The number of urea groups is 1. The van der Waals surface area contributed by atoms with Crippen molar-refractivity contribution >= 4 is 16.8 Å². The zero-order valence-electron chi connectivity index (χ0n) is 13.5. The van der Waals surface area contributed by atoms with E-state index in [2.05, 4.69) is 24.5 Å². The molecule has 0 bridgehead atoms. The fraction of sp³-hybridized carbons (Fsp3) is 0.933. The minimum absolute atomic E-state index is 0.0836. The molecule has 2 N–H and O–H groups in total. The molecule has 0 spiro atoms. The molecule has 1 aliphatic rings. The third-order valence-corrected chi connectivity index (χ3v) is 5.99. The van der Waals surface area contributed by atoms with Crippen molar-refractivity contribution in [3.8, 4) is 0 Å². The van der Waals surface area contributed by atoms with Gasteiger partial charge in [-0.2, -0.15) is 0 Å². The second-order valence-corrected chi connectivity index (χ2v) is 9.61. The summed E-state index contributed by atoms with van der Waals surface area (Å²) in [5.74, 6) is 1.27. The fourth-order valence-electron chi connectivity index (χ4n) is 2.41. The lowest BCUT2D eigenvalue weighted by Gasteiger charge is -2.37. The van der Waals surface area contributed by atoms with Crippen LogP contribution in [0.25, 0.3) is 0 Å². The maximum absolute atomic E-state index is 11.9. The topological polar surface area (TPSA) is 58.2 Å². The molecule has 0 saturated heterocycles. The molecule has 4 nitrogen and oxygen atoms in total. The van der Waals surface area contributed by atoms with Gasteiger partial charge in [0.25, 0.3) is 0 Å². The number of amides is 2. The lowest BCUT2D eigenvalue weighted by molar-refractivity contribution is 0.196. The molecule has 1 atom stereocenters. The molecule has 118 valence electrons. The van der Waals surface area contributed by atoms with Crippen molar-refractivity contribution in [1.82, 2.24) is 10.6 Å². The van der Waals surface area contributed by atoms with Gasteiger partial charge in [0.05, 0.1) is 0 Å². The molecule has 0 aromatic carbocycles.